The second kappa shape index (κ2) is 4.78. The molecule has 0 bridgehead atoms. The Morgan fingerprint density at radius 3 is 3.12 bits per heavy atom. The summed E-state index contributed by atoms with van der Waals surface area (Å²) in [5.74, 6) is 1.16. The molecule has 0 amide bonds. The summed E-state index contributed by atoms with van der Waals surface area (Å²) in [6.07, 6.45) is 3.67. The van der Waals surface area contributed by atoms with Crippen LogP contribution >= 0.6 is 0 Å². The van der Waals surface area contributed by atoms with E-state index >= 15 is 0 Å². The topological polar surface area (TPSA) is 55.0 Å². The van der Waals surface area contributed by atoms with Crippen LogP contribution in [-0.4, -0.2) is 23.7 Å². The number of aromatic nitrogens is 2. The van der Waals surface area contributed by atoms with Crippen LogP contribution in [0.15, 0.2) is 4.79 Å². The van der Waals surface area contributed by atoms with Crippen molar-refractivity contribution in [2.24, 2.45) is 0 Å². The van der Waals surface area contributed by atoms with E-state index in [1.807, 2.05) is 0 Å². The smallest absolute Gasteiger partial charge is 0.254 e. The molecule has 0 aromatic carbocycles. The minimum atomic E-state index is 0.0578. The number of ether oxygens (including phenoxy) is 1. The van der Waals surface area contributed by atoms with Crippen LogP contribution in [0.3, 0.4) is 0 Å². The number of hydrogen-bond donors (Lipinski definition) is 1. The van der Waals surface area contributed by atoms with Gasteiger partial charge in [-0.25, -0.2) is 4.98 Å². The minimum absolute atomic E-state index is 0.0578. The molecule has 0 radical (unpaired) electrons. The van der Waals surface area contributed by atoms with Gasteiger partial charge in [0.05, 0.1) is 5.69 Å². The lowest BCUT2D eigenvalue weighted by molar-refractivity contribution is 0.194. The highest BCUT2D eigenvalue weighted by Gasteiger charge is 2.23. The maximum absolute atomic E-state index is 11.8. The molecule has 1 atom stereocenters. The average Bonchev–Trinajstić information content (AvgIpc) is 2.61. The van der Waals surface area contributed by atoms with Crippen molar-refractivity contribution in [1.29, 1.82) is 0 Å². The predicted octanol–water partition coefficient (Wildman–Crippen LogP) is 1.40. The number of aromatic amines is 1. The summed E-state index contributed by atoms with van der Waals surface area (Å²) in [4.78, 5) is 19.2. The van der Waals surface area contributed by atoms with E-state index in [0.29, 0.717) is 12.5 Å². The Morgan fingerprint density at radius 2 is 2.38 bits per heavy atom. The van der Waals surface area contributed by atoms with Crippen molar-refractivity contribution in [2.45, 2.75) is 38.5 Å². The number of nitrogens with zero attached hydrogens (tertiary/aromatic N) is 1. The molecule has 2 rings (SSSR count). The van der Waals surface area contributed by atoms with Crippen LogP contribution in [0.2, 0.25) is 0 Å². The molecule has 1 aliphatic carbocycles. The maximum atomic E-state index is 11.8. The normalized spacial score (nSPS) is 18.8. The Kier molecular flexibility index (Phi) is 3.39. The zero-order valence-electron chi connectivity index (χ0n) is 9.88. The van der Waals surface area contributed by atoms with Gasteiger partial charge in [-0.05, 0) is 25.2 Å². The molecule has 4 nitrogen and oxygen atoms in total. The predicted molar refractivity (Wildman–Crippen MR) is 61.8 cm³/mol. The lowest BCUT2D eigenvalue weighted by Gasteiger charge is -2.05. The Balaban J connectivity index is 2.18. The monoisotopic (exact) mass is 222 g/mol. The molecule has 1 aromatic rings. The summed E-state index contributed by atoms with van der Waals surface area (Å²) in [7, 11) is 1.68. The third-order valence-electron chi connectivity index (χ3n) is 3.15. The van der Waals surface area contributed by atoms with E-state index in [-0.39, 0.29) is 5.56 Å². The van der Waals surface area contributed by atoms with Crippen LogP contribution in [0.4, 0.5) is 0 Å². The standard InChI is InChI=1S/C12H18N2O2/c1-8-5-6-9-11(8)12(15)14-10(13-9)4-3-7-16-2/h8H,3-7H2,1-2H3,(H,13,14,15). The van der Waals surface area contributed by atoms with Crippen molar-refractivity contribution in [1.82, 2.24) is 9.97 Å². The van der Waals surface area contributed by atoms with Crippen LogP contribution in [-0.2, 0) is 17.6 Å². The molecular formula is C12H18N2O2. The lowest BCUT2D eigenvalue weighted by Crippen LogP contribution is -2.18. The SMILES string of the molecule is COCCCc1nc2c(c(=O)[nH]1)C(C)CC2. The molecule has 1 unspecified atom stereocenters. The molecule has 0 spiro atoms. The van der Waals surface area contributed by atoms with Crippen molar-refractivity contribution < 1.29 is 4.74 Å². The van der Waals surface area contributed by atoms with E-state index in [4.69, 9.17) is 4.74 Å². The van der Waals surface area contributed by atoms with Gasteiger partial charge < -0.3 is 9.72 Å². The quantitative estimate of drug-likeness (QED) is 0.783. The summed E-state index contributed by atoms with van der Waals surface area (Å²) in [6.45, 7) is 2.80. The van der Waals surface area contributed by atoms with Gasteiger partial charge in [-0.1, -0.05) is 6.92 Å². The largest absolute Gasteiger partial charge is 0.385 e. The third-order valence-corrected chi connectivity index (χ3v) is 3.15. The molecule has 0 saturated carbocycles. The van der Waals surface area contributed by atoms with Crippen molar-refractivity contribution >= 4 is 0 Å². The minimum Gasteiger partial charge on any atom is -0.385 e. The zero-order valence-corrected chi connectivity index (χ0v) is 9.88. The van der Waals surface area contributed by atoms with Crippen LogP contribution in [0.5, 0.6) is 0 Å². The number of H-pyrrole nitrogens is 1. The van der Waals surface area contributed by atoms with E-state index in [2.05, 4.69) is 16.9 Å². The molecule has 0 saturated heterocycles. The molecule has 1 heterocycles. The van der Waals surface area contributed by atoms with Crippen LogP contribution < -0.4 is 5.56 Å². The van der Waals surface area contributed by atoms with Gasteiger partial charge in [-0.2, -0.15) is 0 Å². The van der Waals surface area contributed by atoms with Crippen molar-refractivity contribution in [2.75, 3.05) is 13.7 Å². The fourth-order valence-electron chi connectivity index (χ4n) is 2.28. The van der Waals surface area contributed by atoms with Crippen LogP contribution in [0.25, 0.3) is 0 Å². The molecule has 88 valence electrons. The molecule has 0 fully saturated rings. The van der Waals surface area contributed by atoms with Gasteiger partial charge in [0, 0.05) is 25.7 Å². The zero-order chi connectivity index (χ0) is 11.5. The first-order chi connectivity index (χ1) is 7.72. The lowest BCUT2D eigenvalue weighted by atomic mass is 10.1. The highest BCUT2D eigenvalue weighted by molar-refractivity contribution is 5.27. The van der Waals surface area contributed by atoms with Gasteiger partial charge >= 0.3 is 0 Å². The van der Waals surface area contributed by atoms with Crippen molar-refractivity contribution in [3.05, 3.63) is 27.4 Å². The third kappa shape index (κ3) is 2.16. The average molecular weight is 222 g/mol. The molecule has 4 heteroatoms. The molecule has 0 aliphatic heterocycles. The van der Waals surface area contributed by atoms with E-state index in [9.17, 15) is 4.79 Å². The Labute approximate surface area is 95.1 Å². The van der Waals surface area contributed by atoms with Gasteiger partial charge in [0.25, 0.3) is 5.56 Å². The van der Waals surface area contributed by atoms with Gasteiger partial charge in [0.2, 0.25) is 0 Å². The van der Waals surface area contributed by atoms with E-state index in [0.717, 1.165) is 42.8 Å². The first-order valence-corrected chi connectivity index (χ1v) is 5.83. The number of hydrogen-bond acceptors (Lipinski definition) is 3. The highest BCUT2D eigenvalue weighted by atomic mass is 16.5. The Bertz CT molecular complexity index is 426. The fraction of sp³-hybridized carbons (Fsp3) is 0.667. The van der Waals surface area contributed by atoms with E-state index in [1.165, 1.54) is 0 Å². The molecule has 1 aliphatic rings. The maximum Gasteiger partial charge on any atom is 0.254 e. The number of nitrogens with one attached hydrogen (secondary N) is 1. The van der Waals surface area contributed by atoms with E-state index < -0.39 is 0 Å². The molecular weight excluding hydrogens is 204 g/mol. The van der Waals surface area contributed by atoms with Crippen LogP contribution in [0.1, 0.15) is 42.8 Å². The summed E-state index contributed by atoms with van der Waals surface area (Å²) >= 11 is 0. The summed E-state index contributed by atoms with van der Waals surface area (Å²) < 4.78 is 4.98. The van der Waals surface area contributed by atoms with Gasteiger partial charge in [0.15, 0.2) is 0 Å². The van der Waals surface area contributed by atoms with Crippen molar-refractivity contribution in [3.63, 3.8) is 0 Å². The summed E-state index contributed by atoms with van der Waals surface area (Å²) in [6, 6.07) is 0. The number of rotatable bonds is 4. The Morgan fingerprint density at radius 1 is 1.56 bits per heavy atom. The number of methoxy groups -OCH3 is 1. The molecule has 1 aromatic heterocycles. The van der Waals surface area contributed by atoms with Gasteiger partial charge in [0.1, 0.15) is 5.82 Å². The second-order valence-corrected chi connectivity index (χ2v) is 4.41. The second-order valence-electron chi connectivity index (χ2n) is 4.41. The summed E-state index contributed by atoms with van der Waals surface area (Å²) in [5.41, 5.74) is 1.96. The highest BCUT2D eigenvalue weighted by Crippen LogP contribution is 2.27. The fourth-order valence-corrected chi connectivity index (χ4v) is 2.28. The van der Waals surface area contributed by atoms with Crippen LogP contribution in [0, 0.1) is 0 Å². The van der Waals surface area contributed by atoms with Gasteiger partial charge in [-0.15, -0.1) is 0 Å². The van der Waals surface area contributed by atoms with Gasteiger partial charge in [-0.3, -0.25) is 4.79 Å². The number of aryl methyl sites for hydroxylation is 2. The first-order valence-electron chi connectivity index (χ1n) is 5.83. The molecule has 1 N–H and O–H groups in total. The van der Waals surface area contributed by atoms with Crippen molar-refractivity contribution in [3.8, 4) is 0 Å². The molecule has 16 heavy (non-hydrogen) atoms. The first kappa shape index (κ1) is 11.3. The van der Waals surface area contributed by atoms with E-state index in [1.54, 1.807) is 7.11 Å². The summed E-state index contributed by atoms with van der Waals surface area (Å²) in [5, 5.41) is 0. The number of fused-ring (bicyclic) bond motifs is 1. The Hall–Kier alpha value is -1.16.